The van der Waals surface area contributed by atoms with E-state index < -0.39 is 5.91 Å². The number of thioether (sulfide) groups is 1. The number of nitrogens with two attached hydrogens (primary N) is 1. The van der Waals surface area contributed by atoms with Crippen molar-refractivity contribution in [2.75, 3.05) is 0 Å². The van der Waals surface area contributed by atoms with Crippen molar-refractivity contribution in [3.05, 3.63) is 47.1 Å². The predicted octanol–water partition coefficient (Wildman–Crippen LogP) is 3.04. The molecular weight excluding hydrogens is 286 g/mol. The number of nitrogens with zero attached hydrogens (tertiary/aromatic N) is 2. The average molecular weight is 303 g/mol. The molecule has 0 bridgehead atoms. The second-order valence-corrected chi connectivity index (χ2v) is 6.61. The van der Waals surface area contributed by atoms with E-state index in [4.69, 9.17) is 10.3 Å². The molecule has 1 saturated carbocycles. The van der Waals surface area contributed by atoms with Gasteiger partial charge < -0.3 is 10.3 Å². The van der Waals surface area contributed by atoms with Crippen LogP contribution in [0.4, 0.5) is 0 Å². The molecular formula is C15H17N3O2S. The maximum atomic E-state index is 11.2. The third-order valence-corrected chi connectivity index (χ3v) is 4.66. The molecule has 5 nitrogen and oxygen atoms in total. The van der Waals surface area contributed by atoms with Gasteiger partial charge in [0.05, 0.1) is 5.25 Å². The van der Waals surface area contributed by atoms with E-state index in [1.165, 1.54) is 12.8 Å². The van der Waals surface area contributed by atoms with Gasteiger partial charge in [-0.15, -0.1) is 11.8 Å². The van der Waals surface area contributed by atoms with Gasteiger partial charge in [0.25, 0.3) is 0 Å². The van der Waals surface area contributed by atoms with Crippen LogP contribution in [-0.2, 0) is 5.75 Å². The van der Waals surface area contributed by atoms with Gasteiger partial charge in [-0.25, -0.2) is 0 Å². The first kappa shape index (κ1) is 14.1. The third kappa shape index (κ3) is 3.44. The Bertz CT molecular complexity index is 652. The lowest BCUT2D eigenvalue weighted by atomic mass is 10.1. The average Bonchev–Trinajstić information content (AvgIpc) is 3.22. The van der Waals surface area contributed by atoms with Crippen molar-refractivity contribution in [1.82, 2.24) is 10.1 Å². The van der Waals surface area contributed by atoms with Crippen LogP contribution in [0.5, 0.6) is 0 Å². The molecule has 110 valence electrons. The summed E-state index contributed by atoms with van der Waals surface area (Å²) in [6, 6.07) is 7.37. The zero-order valence-corrected chi connectivity index (χ0v) is 12.6. The van der Waals surface area contributed by atoms with E-state index in [0.717, 1.165) is 17.1 Å². The Morgan fingerprint density at radius 1 is 1.52 bits per heavy atom. The minimum Gasteiger partial charge on any atom is -0.366 e. The molecule has 0 unspecified atom stereocenters. The lowest BCUT2D eigenvalue weighted by Crippen LogP contribution is -2.10. The molecule has 1 atom stereocenters. The SMILES string of the molecule is C[C@H](SCc1cccc(C(N)=O)c1)c1nc(C2CC2)no1. The fraction of sp³-hybridized carbons (Fsp3) is 0.400. The van der Waals surface area contributed by atoms with Gasteiger partial charge in [0.2, 0.25) is 11.8 Å². The van der Waals surface area contributed by atoms with Gasteiger partial charge in [0.15, 0.2) is 5.82 Å². The van der Waals surface area contributed by atoms with Gasteiger partial charge in [0.1, 0.15) is 0 Å². The van der Waals surface area contributed by atoms with Crippen molar-refractivity contribution < 1.29 is 9.32 Å². The first-order valence-corrected chi connectivity index (χ1v) is 8.02. The van der Waals surface area contributed by atoms with E-state index in [1.807, 2.05) is 25.1 Å². The van der Waals surface area contributed by atoms with Crippen LogP contribution in [0.1, 0.15) is 58.6 Å². The third-order valence-electron chi connectivity index (χ3n) is 3.46. The lowest BCUT2D eigenvalue weighted by molar-refractivity contribution is 0.1000. The number of amides is 1. The zero-order chi connectivity index (χ0) is 14.8. The minimum atomic E-state index is -0.402. The molecule has 2 N–H and O–H groups in total. The molecule has 1 fully saturated rings. The smallest absolute Gasteiger partial charge is 0.248 e. The Morgan fingerprint density at radius 2 is 2.33 bits per heavy atom. The highest BCUT2D eigenvalue weighted by Crippen LogP contribution is 2.39. The van der Waals surface area contributed by atoms with Crippen molar-refractivity contribution in [2.24, 2.45) is 5.73 Å². The molecule has 1 aliphatic carbocycles. The number of aromatic nitrogens is 2. The zero-order valence-electron chi connectivity index (χ0n) is 11.8. The number of carbonyl (C=O) groups excluding carboxylic acids is 1. The number of primary amides is 1. The van der Waals surface area contributed by atoms with Gasteiger partial charge in [-0.3, -0.25) is 4.79 Å². The Kier molecular flexibility index (Phi) is 3.96. The fourth-order valence-electron chi connectivity index (χ4n) is 2.03. The molecule has 3 rings (SSSR count). The molecule has 0 spiro atoms. The molecule has 6 heteroatoms. The molecule has 1 aromatic carbocycles. The van der Waals surface area contributed by atoms with Crippen LogP contribution in [0.15, 0.2) is 28.8 Å². The molecule has 1 aliphatic rings. The van der Waals surface area contributed by atoms with E-state index in [0.29, 0.717) is 17.4 Å². The van der Waals surface area contributed by atoms with Crippen LogP contribution < -0.4 is 5.73 Å². The van der Waals surface area contributed by atoms with Gasteiger partial charge >= 0.3 is 0 Å². The van der Waals surface area contributed by atoms with E-state index in [9.17, 15) is 4.79 Å². The first-order chi connectivity index (χ1) is 10.1. The summed E-state index contributed by atoms with van der Waals surface area (Å²) >= 11 is 1.70. The second-order valence-electron chi connectivity index (χ2n) is 5.28. The quantitative estimate of drug-likeness (QED) is 0.887. The summed E-state index contributed by atoms with van der Waals surface area (Å²) in [4.78, 5) is 15.6. The van der Waals surface area contributed by atoms with Crippen molar-refractivity contribution in [1.29, 1.82) is 0 Å². The normalized spacial score (nSPS) is 15.9. The Labute approximate surface area is 127 Å². The van der Waals surface area contributed by atoms with E-state index in [1.54, 1.807) is 17.8 Å². The highest BCUT2D eigenvalue weighted by molar-refractivity contribution is 7.98. The van der Waals surface area contributed by atoms with Gasteiger partial charge in [0, 0.05) is 17.2 Å². The molecule has 0 saturated heterocycles. The van der Waals surface area contributed by atoms with E-state index in [-0.39, 0.29) is 5.25 Å². The number of benzene rings is 1. The summed E-state index contributed by atoms with van der Waals surface area (Å²) in [6.07, 6.45) is 2.33. The van der Waals surface area contributed by atoms with Gasteiger partial charge in [-0.05, 0) is 37.5 Å². The Balaban J connectivity index is 1.60. The van der Waals surface area contributed by atoms with Crippen molar-refractivity contribution >= 4 is 17.7 Å². The lowest BCUT2D eigenvalue weighted by Gasteiger charge is -2.07. The molecule has 0 aliphatic heterocycles. The largest absolute Gasteiger partial charge is 0.366 e. The van der Waals surface area contributed by atoms with Gasteiger partial charge in [-0.1, -0.05) is 17.3 Å². The van der Waals surface area contributed by atoms with Crippen LogP contribution in [0.2, 0.25) is 0 Å². The Hall–Kier alpha value is -1.82. The van der Waals surface area contributed by atoms with Gasteiger partial charge in [-0.2, -0.15) is 4.98 Å². The van der Waals surface area contributed by atoms with E-state index >= 15 is 0 Å². The second kappa shape index (κ2) is 5.89. The number of hydrogen-bond acceptors (Lipinski definition) is 5. The van der Waals surface area contributed by atoms with Crippen LogP contribution in [0, 0.1) is 0 Å². The highest BCUT2D eigenvalue weighted by Gasteiger charge is 2.29. The van der Waals surface area contributed by atoms with Crippen molar-refractivity contribution in [3.8, 4) is 0 Å². The van der Waals surface area contributed by atoms with Crippen LogP contribution in [0.3, 0.4) is 0 Å². The first-order valence-electron chi connectivity index (χ1n) is 6.97. The maximum Gasteiger partial charge on any atom is 0.248 e. The van der Waals surface area contributed by atoms with Crippen molar-refractivity contribution in [3.63, 3.8) is 0 Å². The highest BCUT2D eigenvalue weighted by atomic mass is 32.2. The molecule has 1 amide bonds. The van der Waals surface area contributed by atoms with Crippen LogP contribution in [-0.4, -0.2) is 16.0 Å². The van der Waals surface area contributed by atoms with Crippen LogP contribution in [0.25, 0.3) is 0 Å². The molecule has 0 radical (unpaired) electrons. The summed E-state index contributed by atoms with van der Waals surface area (Å²) in [6.45, 7) is 2.05. The van der Waals surface area contributed by atoms with Crippen molar-refractivity contribution in [2.45, 2.75) is 36.7 Å². The standard InChI is InChI=1S/C15H17N3O2S/c1-9(15-17-14(18-20-15)11-5-6-11)21-8-10-3-2-4-12(7-10)13(16)19/h2-4,7,9,11H,5-6,8H2,1H3,(H2,16,19)/t9-/m0/s1. The summed E-state index contributed by atoms with van der Waals surface area (Å²) in [7, 11) is 0. The summed E-state index contributed by atoms with van der Waals surface area (Å²) in [5, 5.41) is 4.16. The summed E-state index contributed by atoms with van der Waals surface area (Å²) in [5.74, 6) is 2.39. The maximum absolute atomic E-state index is 11.2. The molecule has 1 aromatic heterocycles. The molecule has 1 heterocycles. The minimum absolute atomic E-state index is 0.127. The number of rotatable bonds is 6. The summed E-state index contributed by atoms with van der Waals surface area (Å²) < 4.78 is 5.32. The van der Waals surface area contributed by atoms with Crippen LogP contribution >= 0.6 is 11.8 Å². The monoisotopic (exact) mass is 303 g/mol. The Morgan fingerprint density at radius 3 is 3.05 bits per heavy atom. The molecule has 2 aromatic rings. The van der Waals surface area contributed by atoms with E-state index in [2.05, 4.69) is 10.1 Å². The predicted molar refractivity (Wildman–Crippen MR) is 80.9 cm³/mol. The number of carbonyl (C=O) groups is 1. The molecule has 21 heavy (non-hydrogen) atoms. The number of hydrogen-bond donors (Lipinski definition) is 1. The fourth-order valence-corrected chi connectivity index (χ4v) is 2.89. The topological polar surface area (TPSA) is 82.0 Å². The summed E-state index contributed by atoms with van der Waals surface area (Å²) in [5.41, 5.74) is 6.88.